The van der Waals surface area contributed by atoms with Gasteiger partial charge in [0.05, 0.1) is 0 Å². The van der Waals surface area contributed by atoms with E-state index in [1.807, 2.05) is 6.92 Å². The molecule has 86 valence electrons. The van der Waals surface area contributed by atoms with Crippen LogP contribution in [0.4, 0.5) is 0 Å². The van der Waals surface area contributed by atoms with Gasteiger partial charge < -0.3 is 10.4 Å². The molecule has 0 aliphatic heterocycles. The molecule has 0 spiro atoms. The van der Waals surface area contributed by atoms with Gasteiger partial charge in [-0.05, 0) is 24.7 Å². The van der Waals surface area contributed by atoms with Crippen molar-refractivity contribution in [3.8, 4) is 0 Å². The fourth-order valence-corrected chi connectivity index (χ4v) is 1.91. The Morgan fingerprint density at radius 2 is 2.07 bits per heavy atom. The van der Waals surface area contributed by atoms with E-state index in [0.717, 1.165) is 12.8 Å². The van der Waals surface area contributed by atoms with Crippen LogP contribution in [-0.2, 0) is 9.59 Å². The van der Waals surface area contributed by atoms with Gasteiger partial charge in [0.25, 0.3) is 0 Å². The van der Waals surface area contributed by atoms with Crippen LogP contribution in [0.15, 0.2) is 0 Å². The molecule has 2 N–H and O–H groups in total. The maximum Gasteiger partial charge on any atom is 0.303 e. The molecule has 4 nitrogen and oxygen atoms in total. The molecular formula is C11H19NO3. The molecular weight excluding hydrogens is 194 g/mol. The van der Waals surface area contributed by atoms with Gasteiger partial charge in [-0.3, -0.25) is 9.59 Å². The van der Waals surface area contributed by atoms with Crippen LogP contribution in [0.1, 0.15) is 33.1 Å². The number of carboxylic acid groups (broad SMARTS) is 1. The Balaban J connectivity index is 2.14. The van der Waals surface area contributed by atoms with Crippen LogP contribution < -0.4 is 5.32 Å². The standard InChI is InChI=1S/C11H19NO3/c1-7-3-9(4-7)11(15)12-6-8(2)5-10(13)14/h7-9H,3-6H2,1-2H3,(H,12,15)(H,13,14). The Bertz CT molecular complexity index is 246. The quantitative estimate of drug-likeness (QED) is 0.722. The smallest absolute Gasteiger partial charge is 0.303 e. The first-order valence-corrected chi connectivity index (χ1v) is 5.48. The van der Waals surface area contributed by atoms with Crippen molar-refractivity contribution in [1.82, 2.24) is 5.32 Å². The second kappa shape index (κ2) is 5.14. The lowest BCUT2D eigenvalue weighted by atomic mass is 9.75. The zero-order valence-electron chi connectivity index (χ0n) is 9.32. The van der Waals surface area contributed by atoms with Crippen LogP contribution in [0.2, 0.25) is 0 Å². The van der Waals surface area contributed by atoms with Crippen LogP contribution >= 0.6 is 0 Å². The first-order chi connectivity index (χ1) is 6.99. The van der Waals surface area contributed by atoms with Gasteiger partial charge in [0, 0.05) is 18.9 Å². The lowest BCUT2D eigenvalue weighted by molar-refractivity contribution is -0.138. The molecule has 1 aliphatic rings. The van der Waals surface area contributed by atoms with Gasteiger partial charge in [0.15, 0.2) is 0 Å². The van der Waals surface area contributed by atoms with E-state index in [-0.39, 0.29) is 24.2 Å². The lowest BCUT2D eigenvalue weighted by Crippen LogP contribution is -2.39. The number of hydrogen-bond acceptors (Lipinski definition) is 2. The predicted octanol–water partition coefficient (Wildman–Crippen LogP) is 1.26. The third kappa shape index (κ3) is 3.90. The molecule has 1 atom stereocenters. The average Bonchev–Trinajstić information content (AvgIpc) is 2.08. The van der Waals surface area contributed by atoms with Crippen molar-refractivity contribution in [1.29, 1.82) is 0 Å². The second-order valence-corrected chi connectivity index (χ2v) is 4.72. The van der Waals surface area contributed by atoms with Crippen molar-refractivity contribution in [2.75, 3.05) is 6.54 Å². The largest absolute Gasteiger partial charge is 0.481 e. The number of rotatable bonds is 5. The molecule has 0 radical (unpaired) electrons. The van der Waals surface area contributed by atoms with Crippen molar-refractivity contribution in [3.05, 3.63) is 0 Å². The summed E-state index contributed by atoms with van der Waals surface area (Å²) in [6.07, 6.45) is 2.06. The van der Waals surface area contributed by atoms with Crippen LogP contribution in [0.5, 0.6) is 0 Å². The summed E-state index contributed by atoms with van der Waals surface area (Å²) in [5.41, 5.74) is 0. The van der Waals surface area contributed by atoms with Gasteiger partial charge in [-0.15, -0.1) is 0 Å². The molecule has 1 aliphatic carbocycles. The van der Waals surface area contributed by atoms with Crippen LogP contribution in [0.25, 0.3) is 0 Å². The van der Waals surface area contributed by atoms with Crippen molar-refractivity contribution >= 4 is 11.9 Å². The molecule has 1 amide bonds. The average molecular weight is 213 g/mol. The SMILES string of the molecule is CC(CNC(=O)C1CC(C)C1)CC(=O)O. The Morgan fingerprint density at radius 3 is 2.53 bits per heavy atom. The van der Waals surface area contributed by atoms with E-state index in [0.29, 0.717) is 12.5 Å². The monoisotopic (exact) mass is 213 g/mol. The molecule has 0 bridgehead atoms. The highest BCUT2D eigenvalue weighted by molar-refractivity contribution is 5.79. The zero-order chi connectivity index (χ0) is 11.4. The maximum atomic E-state index is 11.5. The third-order valence-corrected chi connectivity index (χ3v) is 2.89. The van der Waals surface area contributed by atoms with E-state index < -0.39 is 5.97 Å². The molecule has 0 aromatic heterocycles. The summed E-state index contributed by atoms with van der Waals surface area (Å²) in [6, 6.07) is 0. The third-order valence-electron chi connectivity index (χ3n) is 2.89. The summed E-state index contributed by atoms with van der Waals surface area (Å²) in [4.78, 5) is 21.9. The fraction of sp³-hybridized carbons (Fsp3) is 0.818. The summed E-state index contributed by atoms with van der Waals surface area (Å²) in [5, 5.41) is 11.3. The van der Waals surface area contributed by atoms with E-state index >= 15 is 0 Å². The van der Waals surface area contributed by atoms with Crippen LogP contribution in [-0.4, -0.2) is 23.5 Å². The van der Waals surface area contributed by atoms with Crippen LogP contribution in [0, 0.1) is 17.8 Å². The molecule has 4 heteroatoms. The van der Waals surface area contributed by atoms with Gasteiger partial charge in [0.1, 0.15) is 0 Å². The van der Waals surface area contributed by atoms with E-state index in [2.05, 4.69) is 12.2 Å². The first-order valence-electron chi connectivity index (χ1n) is 5.48. The highest BCUT2D eigenvalue weighted by Gasteiger charge is 2.31. The van der Waals surface area contributed by atoms with E-state index in [4.69, 9.17) is 5.11 Å². The fourth-order valence-electron chi connectivity index (χ4n) is 1.91. The number of hydrogen-bond donors (Lipinski definition) is 2. The molecule has 0 saturated heterocycles. The van der Waals surface area contributed by atoms with Crippen LogP contribution in [0.3, 0.4) is 0 Å². The van der Waals surface area contributed by atoms with E-state index in [9.17, 15) is 9.59 Å². The number of aliphatic carboxylic acids is 1. The summed E-state index contributed by atoms with van der Waals surface area (Å²) in [6.45, 7) is 4.44. The minimum absolute atomic E-state index is 0.00366. The molecule has 0 aromatic carbocycles. The Hall–Kier alpha value is -1.06. The highest BCUT2D eigenvalue weighted by Crippen LogP contribution is 2.32. The topological polar surface area (TPSA) is 66.4 Å². The number of carbonyl (C=O) groups is 2. The maximum absolute atomic E-state index is 11.5. The lowest BCUT2D eigenvalue weighted by Gasteiger charge is -2.31. The number of nitrogens with one attached hydrogen (secondary N) is 1. The van der Waals surface area contributed by atoms with Gasteiger partial charge in [-0.25, -0.2) is 0 Å². The number of carbonyl (C=O) groups excluding carboxylic acids is 1. The first kappa shape index (κ1) is 12.0. The molecule has 1 rings (SSSR count). The molecule has 0 heterocycles. The zero-order valence-corrected chi connectivity index (χ0v) is 9.32. The van der Waals surface area contributed by atoms with Gasteiger partial charge >= 0.3 is 5.97 Å². The molecule has 1 unspecified atom stereocenters. The van der Waals surface area contributed by atoms with Gasteiger partial charge in [0.2, 0.25) is 5.91 Å². The predicted molar refractivity (Wildman–Crippen MR) is 56.3 cm³/mol. The van der Waals surface area contributed by atoms with Crippen molar-refractivity contribution in [2.24, 2.45) is 17.8 Å². The minimum atomic E-state index is -0.811. The highest BCUT2D eigenvalue weighted by atomic mass is 16.4. The summed E-state index contributed by atoms with van der Waals surface area (Å²) < 4.78 is 0. The number of carboxylic acids is 1. The Kier molecular flexibility index (Phi) is 4.12. The summed E-state index contributed by atoms with van der Waals surface area (Å²) >= 11 is 0. The molecule has 1 saturated carbocycles. The van der Waals surface area contributed by atoms with Crippen molar-refractivity contribution in [2.45, 2.75) is 33.1 Å². The van der Waals surface area contributed by atoms with Gasteiger partial charge in [-0.1, -0.05) is 13.8 Å². The van der Waals surface area contributed by atoms with Crippen molar-refractivity contribution < 1.29 is 14.7 Å². The van der Waals surface area contributed by atoms with E-state index in [1.54, 1.807) is 0 Å². The summed E-state index contributed by atoms with van der Waals surface area (Å²) in [7, 11) is 0. The Morgan fingerprint density at radius 1 is 1.47 bits per heavy atom. The van der Waals surface area contributed by atoms with Crippen molar-refractivity contribution in [3.63, 3.8) is 0 Å². The second-order valence-electron chi connectivity index (χ2n) is 4.72. The Labute approximate surface area is 90.0 Å². The summed E-state index contributed by atoms with van der Waals surface area (Å²) in [5.74, 6) is 0.109. The van der Waals surface area contributed by atoms with Gasteiger partial charge in [-0.2, -0.15) is 0 Å². The molecule has 0 aromatic rings. The minimum Gasteiger partial charge on any atom is -0.481 e. The molecule has 15 heavy (non-hydrogen) atoms. The normalized spacial score (nSPS) is 26.5. The number of amides is 1. The van der Waals surface area contributed by atoms with E-state index in [1.165, 1.54) is 0 Å². The molecule has 1 fully saturated rings.